The van der Waals surface area contributed by atoms with Crippen molar-refractivity contribution in [2.24, 2.45) is 23.2 Å². The Bertz CT molecular complexity index is 1450. The van der Waals surface area contributed by atoms with Gasteiger partial charge in [0.1, 0.15) is 6.04 Å². The molecule has 5 fully saturated rings. The Hall–Kier alpha value is -3.25. The molecule has 3 amide bonds. The molecule has 48 heavy (non-hydrogen) atoms. The second-order valence-corrected chi connectivity index (χ2v) is 15.2. The van der Waals surface area contributed by atoms with E-state index in [4.69, 9.17) is 18.9 Å². The summed E-state index contributed by atoms with van der Waals surface area (Å²) in [5.41, 5.74) is 3.84. The third-order valence-corrected chi connectivity index (χ3v) is 11.1. The van der Waals surface area contributed by atoms with Gasteiger partial charge in [-0.3, -0.25) is 14.4 Å². The zero-order valence-corrected chi connectivity index (χ0v) is 28.8. The van der Waals surface area contributed by atoms with Crippen LogP contribution in [0.25, 0.3) is 0 Å². The number of nitrogens with one attached hydrogen (secondary N) is 3. The molecule has 2 aliphatic heterocycles. The lowest BCUT2D eigenvalue weighted by molar-refractivity contribution is -0.199. The fourth-order valence-corrected chi connectivity index (χ4v) is 8.16. The molecule has 0 spiro atoms. The predicted octanol–water partition coefficient (Wildman–Crippen LogP) is 5.01. The van der Waals surface area contributed by atoms with Crippen molar-refractivity contribution in [1.29, 1.82) is 0 Å². The van der Waals surface area contributed by atoms with Crippen LogP contribution in [-0.2, 0) is 30.1 Å². The first kappa shape index (κ1) is 34.6. The summed E-state index contributed by atoms with van der Waals surface area (Å²) in [6.07, 6.45) is 5.31. The third kappa shape index (κ3) is 7.34. The van der Waals surface area contributed by atoms with E-state index in [1.54, 1.807) is 24.3 Å². The van der Waals surface area contributed by atoms with Crippen molar-refractivity contribution >= 4 is 24.8 Å². The Morgan fingerprint density at radius 2 is 1.65 bits per heavy atom. The first-order valence-electron chi connectivity index (χ1n) is 17.6. The molecular formula is C37H50BN3O7. The number of hydrogen-bond donors (Lipinski definition) is 3. The van der Waals surface area contributed by atoms with Gasteiger partial charge in [-0.1, -0.05) is 58.0 Å². The van der Waals surface area contributed by atoms with Gasteiger partial charge in [-0.2, -0.15) is 0 Å². The molecule has 0 aromatic heterocycles. The van der Waals surface area contributed by atoms with Crippen LogP contribution in [0.5, 0.6) is 0 Å². The Labute approximate surface area is 284 Å². The number of carbonyl (C=O) groups excluding carboxylic acids is 3. The third-order valence-electron chi connectivity index (χ3n) is 11.1. The molecule has 2 saturated heterocycles. The van der Waals surface area contributed by atoms with Crippen LogP contribution in [0.3, 0.4) is 0 Å². The minimum atomic E-state index is -0.854. The van der Waals surface area contributed by atoms with Crippen molar-refractivity contribution < 1.29 is 33.3 Å². The molecule has 0 radical (unpaired) electrons. The topological polar surface area (TPSA) is 124 Å². The highest BCUT2D eigenvalue weighted by molar-refractivity contribution is 6.48. The lowest BCUT2D eigenvalue weighted by atomic mass is 9.43. The average molecular weight is 660 g/mol. The van der Waals surface area contributed by atoms with E-state index in [-0.39, 0.29) is 34.9 Å². The van der Waals surface area contributed by atoms with Gasteiger partial charge < -0.3 is 24.7 Å². The fraction of sp³-hybridized carbons (Fsp3) is 0.595. The Balaban J connectivity index is 1.13. The Morgan fingerprint density at radius 1 is 0.938 bits per heavy atom. The summed E-state index contributed by atoms with van der Waals surface area (Å²) in [5, 5.41) is 6.18. The van der Waals surface area contributed by atoms with Gasteiger partial charge in [0.15, 0.2) is 6.29 Å². The number of benzene rings is 2. The van der Waals surface area contributed by atoms with Crippen molar-refractivity contribution in [3.05, 3.63) is 71.3 Å². The van der Waals surface area contributed by atoms with Crippen LogP contribution in [0.4, 0.5) is 0 Å². The maximum absolute atomic E-state index is 14.1. The van der Waals surface area contributed by atoms with Crippen LogP contribution >= 0.6 is 0 Å². The molecular weight excluding hydrogens is 609 g/mol. The summed E-state index contributed by atoms with van der Waals surface area (Å²) in [7, 11) is -0.568. The minimum Gasteiger partial charge on any atom is -0.404 e. The Kier molecular flexibility index (Phi) is 10.3. The summed E-state index contributed by atoms with van der Waals surface area (Å²) < 4.78 is 18.8. The smallest absolute Gasteiger partial charge is 0.404 e. The first-order valence-corrected chi connectivity index (χ1v) is 17.6. The number of amides is 3. The van der Waals surface area contributed by atoms with E-state index in [2.05, 4.69) is 50.7 Å². The normalized spacial score (nSPS) is 28.5. The first-order chi connectivity index (χ1) is 22.9. The zero-order chi connectivity index (χ0) is 34.1. The molecule has 7 rings (SSSR count). The molecule has 3 N–H and O–H groups in total. The van der Waals surface area contributed by atoms with Gasteiger partial charge in [0, 0.05) is 30.6 Å². The molecule has 5 aliphatic rings. The molecule has 11 heteroatoms. The van der Waals surface area contributed by atoms with Gasteiger partial charge in [-0.05, 0) is 92.0 Å². The summed E-state index contributed by atoms with van der Waals surface area (Å²) in [6, 6.07) is 15.0. The number of rotatable bonds is 12. The van der Waals surface area contributed by atoms with E-state index < -0.39 is 31.3 Å². The fourth-order valence-electron chi connectivity index (χ4n) is 8.16. The molecule has 2 unspecified atom stereocenters. The summed E-state index contributed by atoms with van der Waals surface area (Å²) in [6.45, 7) is 11.7. The molecule has 2 bridgehead atoms. The second-order valence-electron chi connectivity index (χ2n) is 15.2. The van der Waals surface area contributed by atoms with Crippen LogP contribution in [0, 0.1) is 23.2 Å². The maximum Gasteiger partial charge on any atom is 0.481 e. The van der Waals surface area contributed by atoms with Crippen LogP contribution < -0.4 is 16.1 Å². The summed E-state index contributed by atoms with van der Waals surface area (Å²) >= 11 is 0. The van der Waals surface area contributed by atoms with E-state index in [9.17, 15) is 14.4 Å². The van der Waals surface area contributed by atoms with Gasteiger partial charge in [-0.15, -0.1) is 0 Å². The molecule has 258 valence electrons. The summed E-state index contributed by atoms with van der Waals surface area (Å²) in [4.78, 5) is 45.6. The van der Waals surface area contributed by atoms with Crippen molar-refractivity contribution in [2.75, 3.05) is 6.61 Å². The molecule has 2 heterocycles. The average Bonchev–Trinajstić information content (AvgIpc) is 3.44. The van der Waals surface area contributed by atoms with Crippen LogP contribution in [0.1, 0.15) is 99.4 Å². The van der Waals surface area contributed by atoms with Gasteiger partial charge in [0.2, 0.25) is 5.91 Å². The van der Waals surface area contributed by atoms with E-state index in [0.717, 1.165) is 37.7 Å². The van der Waals surface area contributed by atoms with E-state index >= 15 is 0 Å². The highest BCUT2D eigenvalue weighted by Gasteiger charge is 2.68. The van der Waals surface area contributed by atoms with Crippen molar-refractivity contribution in [1.82, 2.24) is 16.1 Å². The van der Waals surface area contributed by atoms with Crippen LogP contribution in [0.2, 0.25) is 0 Å². The van der Waals surface area contributed by atoms with Crippen molar-refractivity contribution in [3.63, 3.8) is 0 Å². The minimum absolute atomic E-state index is 0.00265. The van der Waals surface area contributed by atoms with Gasteiger partial charge >= 0.3 is 7.12 Å². The largest absolute Gasteiger partial charge is 0.481 e. The second kappa shape index (κ2) is 14.3. The van der Waals surface area contributed by atoms with Gasteiger partial charge in [0.05, 0.1) is 17.6 Å². The monoisotopic (exact) mass is 659 g/mol. The lowest BCUT2D eigenvalue weighted by Crippen LogP contribution is -2.65. The molecule has 3 aliphatic carbocycles. The Morgan fingerprint density at radius 3 is 2.29 bits per heavy atom. The number of carbonyl (C=O) groups is 3. The SMILES string of the molecule is CC(C)C[C@H](NC(=O)[C@H](Cc1ccccc1)NC(=O)c1ccc(C(=O)NOC2CCCCO2)cc1)B1OC2C[C@H]3C[C@H](C3(C)C)[C@@]2(C)O1. The van der Waals surface area contributed by atoms with E-state index in [1.807, 2.05) is 30.3 Å². The van der Waals surface area contributed by atoms with Gasteiger partial charge in [-0.25, -0.2) is 10.3 Å². The molecule has 10 nitrogen and oxygen atoms in total. The van der Waals surface area contributed by atoms with E-state index in [1.165, 1.54) is 0 Å². The van der Waals surface area contributed by atoms with Gasteiger partial charge in [0.25, 0.3) is 11.8 Å². The van der Waals surface area contributed by atoms with Crippen LogP contribution in [0.15, 0.2) is 54.6 Å². The van der Waals surface area contributed by atoms with E-state index in [0.29, 0.717) is 42.4 Å². The standard InChI is InChI=1S/C37H50BN3O7/c1-23(2)19-31(38-46-30-22-27-21-29(36(27,3)4)37(30,5)48-38)40-35(44)28(20-24-11-7-6-8-12-24)39-33(42)25-14-16-26(17-15-25)34(43)41-47-32-13-9-10-18-45-32/h6-8,11-12,14-17,23,27-32H,9-10,13,18-22H2,1-5H3,(H,39,42)(H,40,44)(H,41,43)/t27-,28+,29-,30?,31+,32?,37-/m1/s1. The van der Waals surface area contributed by atoms with Crippen LogP contribution in [-0.4, -0.2) is 61.4 Å². The maximum atomic E-state index is 14.1. The zero-order valence-electron chi connectivity index (χ0n) is 28.8. The molecule has 7 atom stereocenters. The predicted molar refractivity (Wildman–Crippen MR) is 181 cm³/mol. The molecule has 3 saturated carbocycles. The highest BCUT2D eigenvalue weighted by Crippen LogP contribution is 2.65. The number of hydroxylamine groups is 1. The lowest BCUT2D eigenvalue weighted by Gasteiger charge is -2.64. The van der Waals surface area contributed by atoms with Crippen molar-refractivity contribution in [2.45, 2.75) is 110 Å². The van der Waals surface area contributed by atoms with Crippen molar-refractivity contribution in [3.8, 4) is 0 Å². The number of hydrogen-bond acceptors (Lipinski definition) is 7. The number of ether oxygens (including phenoxy) is 1. The highest BCUT2D eigenvalue weighted by atomic mass is 16.8. The molecule has 2 aromatic carbocycles. The summed E-state index contributed by atoms with van der Waals surface area (Å²) in [5.74, 6) is -0.211. The molecule has 2 aromatic rings. The quantitative estimate of drug-likeness (QED) is 0.216.